The van der Waals surface area contributed by atoms with Gasteiger partial charge < -0.3 is 0 Å². The molecule has 3 heteroatoms. The van der Waals surface area contributed by atoms with Gasteiger partial charge in [0.25, 0.3) is 5.82 Å². The van der Waals surface area contributed by atoms with Crippen LogP contribution in [0.25, 0.3) is 22.1 Å². The van der Waals surface area contributed by atoms with Gasteiger partial charge in [0.15, 0.2) is 0 Å². The SMILES string of the molecule is CB1C(C(C)(C)C)=c2ccccc2=C(C)N1c1cc(C2CCCC2)c2ccccc2[n+]1C. The molecule has 2 aliphatic rings. The molecule has 2 aromatic carbocycles. The zero-order chi connectivity index (χ0) is 22.6. The summed E-state index contributed by atoms with van der Waals surface area (Å²) in [6, 6.07) is 20.5. The van der Waals surface area contributed by atoms with Gasteiger partial charge in [0.1, 0.15) is 5.52 Å². The number of aromatic nitrogens is 1. The fourth-order valence-corrected chi connectivity index (χ4v) is 6.46. The number of aryl methyl sites for hydroxylation is 1. The predicted octanol–water partition coefficient (Wildman–Crippen LogP) is 5.33. The van der Waals surface area contributed by atoms with Crippen LogP contribution in [0, 0.1) is 5.41 Å². The normalized spacial score (nSPS) is 17.4. The van der Waals surface area contributed by atoms with E-state index in [-0.39, 0.29) is 5.41 Å². The van der Waals surface area contributed by atoms with Crippen LogP contribution in [0.4, 0.5) is 5.82 Å². The van der Waals surface area contributed by atoms with Crippen molar-refractivity contribution in [1.82, 2.24) is 0 Å². The van der Waals surface area contributed by atoms with Crippen molar-refractivity contribution in [3.8, 4) is 0 Å². The molecule has 0 unspecified atom stereocenters. The van der Waals surface area contributed by atoms with Gasteiger partial charge in [-0.2, -0.15) is 0 Å². The third kappa shape index (κ3) is 3.29. The molecule has 1 aliphatic heterocycles. The smallest absolute Gasteiger partial charge is 0.290 e. The Morgan fingerprint density at radius 1 is 0.938 bits per heavy atom. The highest BCUT2D eigenvalue weighted by Crippen LogP contribution is 2.40. The van der Waals surface area contributed by atoms with Crippen molar-refractivity contribution in [2.75, 3.05) is 4.81 Å². The van der Waals surface area contributed by atoms with Crippen molar-refractivity contribution in [2.45, 2.75) is 66.1 Å². The quantitative estimate of drug-likeness (QED) is 0.399. The first-order valence-electron chi connectivity index (χ1n) is 12.3. The van der Waals surface area contributed by atoms with Crippen LogP contribution in [-0.2, 0) is 7.05 Å². The van der Waals surface area contributed by atoms with E-state index in [1.54, 1.807) is 5.56 Å². The predicted molar refractivity (Wildman–Crippen MR) is 138 cm³/mol. The maximum Gasteiger partial charge on any atom is 0.406 e. The molecular weight excluding hydrogens is 387 g/mol. The van der Waals surface area contributed by atoms with Crippen molar-refractivity contribution in [1.29, 1.82) is 0 Å². The van der Waals surface area contributed by atoms with Crippen LogP contribution in [-0.4, -0.2) is 6.85 Å². The lowest BCUT2D eigenvalue weighted by Gasteiger charge is -2.34. The van der Waals surface area contributed by atoms with Crippen molar-refractivity contribution in [3.05, 3.63) is 70.6 Å². The summed E-state index contributed by atoms with van der Waals surface area (Å²) < 4.78 is 2.42. The van der Waals surface area contributed by atoms with Crippen LogP contribution < -0.4 is 19.8 Å². The van der Waals surface area contributed by atoms with Gasteiger partial charge >= 0.3 is 6.85 Å². The molecule has 2 heterocycles. The third-order valence-electron chi connectivity index (χ3n) is 7.83. The lowest BCUT2D eigenvalue weighted by molar-refractivity contribution is -0.631. The Labute approximate surface area is 193 Å². The van der Waals surface area contributed by atoms with E-state index < -0.39 is 0 Å². The number of fused-ring (bicyclic) bond motifs is 2. The first-order chi connectivity index (χ1) is 15.3. The topological polar surface area (TPSA) is 7.12 Å². The molecule has 0 saturated heterocycles. The molecule has 2 nitrogen and oxygen atoms in total. The molecule has 5 rings (SSSR count). The molecule has 0 N–H and O–H groups in total. The second kappa shape index (κ2) is 7.80. The van der Waals surface area contributed by atoms with Crippen molar-refractivity contribution >= 4 is 34.7 Å². The second-order valence-corrected chi connectivity index (χ2v) is 10.9. The standard InChI is InChI=1S/C29H36BN2/c1-20-22-15-9-10-17-24(22)28(29(2,3)4)30(5)32(20)27-19-25(21-13-7-8-14-21)23-16-11-12-18-26(23)31(27)6/h9-12,15-19,21H,7-8,13-14H2,1-6H3/q+1. The molecule has 0 amide bonds. The molecule has 164 valence electrons. The largest absolute Gasteiger partial charge is 0.406 e. The number of anilines is 1. The second-order valence-electron chi connectivity index (χ2n) is 10.9. The molecule has 1 fully saturated rings. The average molecular weight is 423 g/mol. The Morgan fingerprint density at radius 2 is 1.56 bits per heavy atom. The first-order valence-corrected chi connectivity index (χ1v) is 12.3. The molecule has 3 aromatic rings. The zero-order valence-electron chi connectivity index (χ0n) is 20.6. The van der Waals surface area contributed by atoms with E-state index >= 15 is 0 Å². The minimum atomic E-state index is 0.0954. The van der Waals surface area contributed by atoms with Gasteiger partial charge in [0, 0.05) is 16.7 Å². The van der Waals surface area contributed by atoms with E-state index in [1.807, 2.05) is 0 Å². The van der Waals surface area contributed by atoms with E-state index in [0.29, 0.717) is 12.8 Å². The summed E-state index contributed by atoms with van der Waals surface area (Å²) in [5, 5.41) is 4.21. The molecule has 1 aliphatic carbocycles. The van der Waals surface area contributed by atoms with E-state index in [4.69, 9.17) is 0 Å². The molecule has 1 saturated carbocycles. The number of rotatable bonds is 2. The van der Waals surface area contributed by atoms with Gasteiger partial charge in [0.05, 0.1) is 12.7 Å². The molecule has 32 heavy (non-hydrogen) atoms. The summed E-state index contributed by atoms with van der Waals surface area (Å²) in [6.07, 6.45) is 5.35. The number of nitrogens with zero attached hydrogens (tertiary/aromatic N) is 2. The van der Waals surface area contributed by atoms with Crippen molar-refractivity contribution in [2.24, 2.45) is 12.5 Å². The highest BCUT2D eigenvalue weighted by molar-refractivity contribution is 6.81. The Morgan fingerprint density at radius 3 is 2.25 bits per heavy atom. The first kappa shape index (κ1) is 21.3. The van der Waals surface area contributed by atoms with Gasteiger partial charge in [-0.1, -0.05) is 76.1 Å². The number of hydrogen-bond acceptors (Lipinski definition) is 1. The molecular formula is C29H36BN2+. The van der Waals surface area contributed by atoms with Gasteiger partial charge in [-0.25, -0.2) is 4.57 Å². The van der Waals surface area contributed by atoms with Crippen LogP contribution in [0.1, 0.15) is 64.9 Å². The molecule has 1 aromatic heterocycles. The number of hydrogen-bond donors (Lipinski definition) is 0. The Balaban J connectivity index is 1.81. The highest BCUT2D eigenvalue weighted by atomic mass is 15.2. The Bertz CT molecular complexity index is 1310. The third-order valence-corrected chi connectivity index (χ3v) is 7.83. The summed E-state index contributed by atoms with van der Waals surface area (Å²) in [4.78, 5) is 2.60. The number of para-hydroxylation sites is 1. The molecule has 0 atom stereocenters. The van der Waals surface area contributed by atoms with Crippen LogP contribution in [0.15, 0.2) is 54.6 Å². The van der Waals surface area contributed by atoms with Crippen LogP contribution >= 0.6 is 0 Å². The lowest BCUT2D eigenvalue weighted by atomic mass is 9.47. The van der Waals surface area contributed by atoms with Gasteiger partial charge in [0.2, 0.25) is 0 Å². The van der Waals surface area contributed by atoms with E-state index in [0.717, 1.165) is 0 Å². The summed E-state index contributed by atoms with van der Waals surface area (Å²) >= 11 is 0. The van der Waals surface area contributed by atoms with Gasteiger partial charge in [-0.05, 0) is 60.2 Å². The summed E-state index contributed by atoms with van der Waals surface area (Å²) in [6.45, 7) is 12.1. The molecule has 0 radical (unpaired) electrons. The van der Waals surface area contributed by atoms with E-state index in [2.05, 4.69) is 106 Å². The maximum absolute atomic E-state index is 2.60. The molecule has 0 spiro atoms. The number of pyridine rings is 1. The van der Waals surface area contributed by atoms with Crippen LogP contribution in [0.5, 0.6) is 0 Å². The minimum absolute atomic E-state index is 0.0954. The lowest BCUT2D eigenvalue weighted by Crippen LogP contribution is -2.55. The zero-order valence-corrected chi connectivity index (χ0v) is 20.6. The minimum Gasteiger partial charge on any atom is -0.290 e. The van der Waals surface area contributed by atoms with Crippen LogP contribution in [0.3, 0.4) is 0 Å². The number of benzene rings is 2. The summed E-state index contributed by atoms with van der Waals surface area (Å²) in [5.74, 6) is 1.99. The van der Waals surface area contributed by atoms with Crippen molar-refractivity contribution < 1.29 is 4.57 Å². The van der Waals surface area contributed by atoms with Crippen molar-refractivity contribution in [3.63, 3.8) is 0 Å². The summed E-state index contributed by atoms with van der Waals surface area (Å²) in [5.41, 5.74) is 5.85. The Kier molecular flexibility index (Phi) is 5.19. The van der Waals surface area contributed by atoms with Gasteiger partial charge in [-0.15, -0.1) is 0 Å². The maximum atomic E-state index is 2.60. The van der Waals surface area contributed by atoms with E-state index in [1.165, 1.54) is 64.0 Å². The van der Waals surface area contributed by atoms with Gasteiger partial charge in [-0.3, -0.25) is 4.81 Å². The van der Waals surface area contributed by atoms with Crippen LogP contribution in [0.2, 0.25) is 6.82 Å². The molecule has 0 bridgehead atoms. The fraction of sp³-hybridized carbons (Fsp3) is 0.414. The Hall–Kier alpha value is -2.55. The van der Waals surface area contributed by atoms with E-state index in [9.17, 15) is 0 Å². The summed E-state index contributed by atoms with van der Waals surface area (Å²) in [7, 11) is 2.24. The average Bonchev–Trinajstić information content (AvgIpc) is 3.29. The highest BCUT2D eigenvalue weighted by Gasteiger charge is 2.42. The monoisotopic (exact) mass is 423 g/mol. The fourth-order valence-electron chi connectivity index (χ4n) is 6.46.